The lowest BCUT2D eigenvalue weighted by molar-refractivity contribution is -0.119. The fraction of sp³-hybridized carbons (Fsp3) is 0.273. The molecule has 0 heterocycles. The predicted molar refractivity (Wildman–Crippen MR) is 61.7 cm³/mol. The normalized spacial score (nSPS) is 9.62. The summed E-state index contributed by atoms with van der Waals surface area (Å²) in [5.41, 5.74) is 0.631. The average Bonchev–Trinajstić information content (AvgIpc) is 2.26. The molecule has 0 radical (unpaired) electrons. The van der Waals surface area contributed by atoms with Gasteiger partial charge in [0, 0.05) is 24.6 Å². The van der Waals surface area contributed by atoms with Gasteiger partial charge in [0.05, 0.1) is 7.11 Å². The van der Waals surface area contributed by atoms with E-state index in [0.717, 1.165) is 0 Å². The fourth-order valence-corrected chi connectivity index (χ4v) is 1.23. The summed E-state index contributed by atoms with van der Waals surface area (Å²) < 4.78 is 5.01. The number of benzene rings is 1. The van der Waals surface area contributed by atoms with Crippen LogP contribution in [0.1, 0.15) is 12.8 Å². The molecular weight excluding hydrogens is 230 g/mol. The van der Waals surface area contributed by atoms with E-state index in [0.29, 0.717) is 11.4 Å². The summed E-state index contributed by atoms with van der Waals surface area (Å²) in [6, 6.07) is 6.97. The summed E-state index contributed by atoms with van der Waals surface area (Å²) in [6.45, 7) is 0. The molecule has 0 aliphatic heterocycles. The maximum atomic E-state index is 11.4. The molecule has 0 bridgehead atoms. The van der Waals surface area contributed by atoms with Crippen LogP contribution in [0.3, 0.4) is 0 Å². The van der Waals surface area contributed by atoms with Crippen molar-refractivity contribution in [2.75, 3.05) is 12.4 Å². The molecule has 1 aromatic rings. The van der Waals surface area contributed by atoms with Crippen molar-refractivity contribution in [1.29, 1.82) is 0 Å². The Balaban J connectivity index is 2.52. The van der Waals surface area contributed by atoms with Gasteiger partial charge in [0.25, 0.3) is 0 Å². The van der Waals surface area contributed by atoms with Gasteiger partial charge >= 0.3 is 0 Å². The number of methoxy groups -OCH3 is 1. The SMILES string of the molecule is COc1cccc(NC(=O)CCC(=O)Cl)c1. The number of nitrogens with one attached hydrogen (secondary N) is 1. The van der Waals surface area contributed by atoms with Crippen molar-refractivity contribution < 1.29 is 14.3 Å². The second-order valence-corrected chi connectivity index (χ2v) is 3.56. The first kappa shape index (κ1) is 12.5. The highest BCUT2D eigenvalue weighted by Crippen LogP contribution is 2.16. The van der Waals surface area contributed by atoms with Crippen molar-refractivity contribution in [3.63, 3.8) is 0 Å². The van der Waals surface area contributed by atoms with E-state index in [2.05, 4.69) is 5.32 Å². The van der Waals surface area contributed by atoms with E-state index in [-0.39, 0.29) is 18.7 Å². The highest BCUT2D eigenvalue weighted by Gasteiger charge is 2.05. The van der Waals surface area contributed by atoms with Gasteiger partial charge < -0.3 is 10.1 Å². The predicted octanol–water partition coefficient (Wildman–Crippen LogP) is 2.18. The van der Waals surface area contributed by atoms with Crippen LogP contribution in [0.25, 0.3) is 0 Å². The lowest BCUT2D eigenvalue weighted by Crippen LogP contribution is -2.12. The van der Waals surface area contributed by atoms with E-state index >= 15 is 0 Å². The molecule has 86 valence electrons. The summed E-state index contributed by atoms with van der Waals surface area (Å²) in [6.07, 6.45) is 0.122. The van der Waals surface area contributed by atoms with E-state index in [1.807, 2.05) is 0 Å². The molecular formula is C11H12ClNO3. The van der Waals surface area contributed by atoms with Crippen molar-refractivity contribution in [2.45, 2.75) is 12.8 Å². The molecule has 0 fully saturated rings. The number of carbonyl (C=O) groups is 2. The minimum atomic E-state index is -0.513. The summed E-state index contributed by atoms with van der Waals surface area (Å²) in [7, 11) is 1.55. The Bertz CT molecular complexity index is 393. The lowest BCUT2D eigenvalue weighted by Gasteiger charge is -2.05. The molecule has 1 amide bonds. The van der Waals surface area contributed by atoms with Gasteiger partial charge in [-0.3, -0.25) is 9.59 Å². The van der Waals surface area contributed by atoms with Crippen molar-refractivity contribution in [1.82, 2.24) is 0 Å². The first-order valence-electron chi connectivity index (χ1n) is 4.74. The van der Waals surface area contributed by atoms with Gasteiger partial charge in [-0.1, -0.05) is 6.07 Å². The number of halogens is 1. The van der Waals surface area contributed by atoms with Crippen LogP contribution in [0.2, 0.25) is 0 Å². The van der Waals surface area contributed by atoms with E-state index in [1.165, 1.54) is 0 Å². The van der Waals surface area contributed by atoms with E-state index in [4.69, 9.17) is 16.3 Å². The van der Waals surface area contributed by atoms with Crippen molar-refractivity contribution in [3.05, 3.63) is 24.3 Å². The summed E-state index contributed by atoms with van der Waals surface area (Å²) in [4.78, 5) is 21.8. The number of carbonyl (C=O) groups excluding carboxylic acids is 2. The number of rotatable bonds is 5. The topological polar surface area (TPSA) is 55.4 Å². The van der Waals surface area contributed by atoms with E-state index < -0.39 is 5.24 Å². The van der Waals surface area contributed by atoms with Crippen LogP contribution in [0, 0.1) is 0 Å². The number of hydrogen-bond donors (Lipinski definition) is 1. The van der Waals surface area contributed by atoms with Crippen LogP contribution in [0.5, 0.6) is 5.75 Å². The molecule has 4 nitrogen and oxygen atoms in total. The third kappa shape index (κ3) is 4.31. The molecule has 1 aromatic carbocycles. The fourth-order valence-electron chi connectivity index (χ4n) is 1.14. The van der Waals surface area contributed by atoms with Gasteiger partial charge in [0.2, 0.25) is 11.1 Å². The third-order valence-corrected chi connectivity index (χ3v) is 2.09. The minimum Gasteiger partial charge on any atom is -0.497 e. The Morgan fingerprint density at radius 1 is 1.38 bits per heavy atom. The number of ether oxygens (including phenoxy) is 1. The smallest absolute Gasteiger partial charge is 0.224 e. The summed E-state index contributed by atoms with van der Waals surface area (Å²) in [5.74, 6) is 0.411. The standard InChI is InChI=1S/C11H12ClNO3/c1-16-9-4-2-3-8(7-9)13-11(15)6-5-10(12)14/h2-4,7H,5-6H2,1H3,(H,13,15). The van der Waals surface area contributed by atoms with Crippen LogP contribution >= 0.6 is 11.6 Å². The number of amides is 1. The Kier molecular flexibility index (Phi) is 4.79. The number of anilines is 1. The maximum Gasteiger partial charge on any atom is 0.224 e. The second-order valence-electron chi connectivity index (χ2n) is 3.14. The van der Waals surface area contributed by atoms with Crippen LogP contribution < -0.4 is 10.1 Å². The molecule has 0 aliphatic carbocycles. The zero-order valence-electron chi connectivity index (χ0n) is 8.83. The van der Waals surface area contributed by atoms with Gasteiger partial charge in [-0.05, 0) is 23.7 Å². The van der Waals surface area contributed by atoms with Crippen molar-refractivity contribution in [3.8, 4) is 5.75 Å². The molecule has 5 heteroatoms. The molecule has 0 unspecified atom stereocenters. The Hall–Kier alpha value is -1.55. The average molecular weight is 242 g/mol. The molecule has 0 aromatic heterocycles. The van der Waals surface area contributed by atoms with Gasteiger partial charge in [-0.25, -0.2) is 0 Å². The molecule has 0 saturated carbocycles. The molecule has 0 aliphatic rings. The van der Waals surface area contributed by atoms with Crippen LogP contribution in [-0.2, 0) is 9.59 Å². The third-order valence-electron chi connectivity index (χ3n) is 1.90. The van der Waals surface area contributed by atoms with Gasteiger partial charge in [0.15, 0.2) is 0 Å². The Labute approximate surface area is 98.5 Å². The molecule has 1 rings (SSSR count). The summed E-state index contributed by atoms with van der Waals surface area (Å²) >= 11 is 5.13. The number of hydrogen-bond acceptors (Lipinski definition) is 3. The van der Waals surface area contributed by atoms with Crippen LogP contribution in [0.4, 0.5) is 5.69 Å². The zero-order valence-corrected chi connectivity index (χ0v) is 9.58. The van der Waals surface area contributed by atoms with E-state index in [9.17, 15) is 9.59 Å². The maximum absolute atomic E-state index is 11.4. The largest absolute Gasteiger partial charge is 0.497 e. The van der Waals surface area contributed by atoms with Gasteiger partial charge in [0.1, 0.15) is 5.75 Å². The second kappa shape index (κ2) is 6.12. The highest BCUT2D eigenvalue weighted by molar-refractivity contribution is 6.63. The Morgan fingerprint density at radius 2 is 2.12 bits per heavy atom. The van der Waals surface area contributed by atoms with E-state index in [1.54, 1.807) is 31.4 Å². The van der Waals surface area contributed by atoms with Crippen molar-refractivity contribution in [2.24, 2.45) is 0 Å². The summed E-state index contributed by atoms with van der Waals surface area (Å²) in [5, 5.41) is 2.13. The first-order valence-corrected chi connectivity index (χ1v) is 5.12. The van der Waals surface area contributed by atoms with Gasteiger partial charge in [-0.2, -0.15) is 0 Å². The monoisotopic (exact) mass is 241 g/mol. The molecule has 0 spiro atoms. The van der Waals surface area contributed by atoms with Gasteiger partial charge in [-0.15, -0.1) is 0 Å². The molecule has 0 atom stereocenters. The highest BCUT2D eigenvalue weighted by atomic mass is 35.5. The van der Waals surface area contributed by atoms with Crippen LogP contribution in [0.15, 0.2) is 24.3 Å². The van der Waals surface area contributed by atoms with Crippen LogP contribution in [-0.4, -0.2) is 18.3 Å². The first-order chi connectivity index (χ1) is 7.61. The zero-order chi connectivity index (χ0) is 12.0. The quantitative estimate of drug-likeness (QED) is 0.804. The molecule has 16 heavy (non-hydrogen) atoms. The van der Waals surface area contributed by atoms with Crippen molar-refractivity contribution >= 4 is 28.4 Å². The molecule has 0 saturated heterocycles. The Morgan fingerprint density at radius 3 is 2.75 bits per heavy atom. The molecule has 1 N–H and O–H groups in total. The minimum absolute atomic E-state index is 0.0390. The lowest BCUT2D eigenvalue weighted by atomic mass is 10.2.